The minimum absolute atomic E-state index is 0.0971. The molecule has 0 heterocycles. The van der Waals surface area contributed by atoms with Crippen LogP contribution in [0.4, 0.5) is 0 Å². The van der Waals surface area contributed by atoms with Gasteiger partial charge in [0.1, 0.15) is 0 Å². The molecule has 0 aromatic rings. The summed E-state index contributed by atoms with van der Waals surface area (Å²) < 4.78 is 0. The summed E-state index contributed by atoms with van der Waals surface area (Å²) in [6.07, 6.45) is 0.0971. The molecule has 0 rings (SSSR count). The van der Waals surface area contributed by atoms with E-state index in [0.29, 0.717) is 0 Å². The maximum atomic E-state index is 10.3. The van der Waals surface area contributed by atoms with Crippen molar-refractivity contribution in [1.82, 2.24) is 5.32 Å². The molecular weight excluding hydrogens is 142 g/mol. The van der Waals surface area contributed by atoms with Crippen LogP contribution in [0.2, 0.25) is 0 Å². The number of carboxylic acid groups (broad SMARTS) is 1. The Labute approximate surface area is 67.1 Å². The fourth-order valence-electron chi connectivity index (χ4n) is 1.000. The summed E-state index contributed by atoms with van der Waals surface area (Å²) in [5.74, 6) is -0.802. The third kappa shape index (κ3) is 5.45. The van der Waals surface area contributed by atoms with Crippen molar-refractivity contribution in [2.45, 2.75) is 32.7 Å². The zero-order valence-corrected chi connectivity index (χ0v) is 7.27. The minimum Gasteiger partial charge on any atom is -0.481 e. The molecule has 0 spiro atoms. The predicted octanol–water partition coefficient (Wildman–Crippen LogP) is 1.36. The van der Waals surface area contributed by atoms with Crippen LogP contribution in [0.25, 0.3) is 0 Å². The number of nitrogens with one attached hydrogen (secondary N) is 1. The lowest BCUT2D eigenvalue weighted by atomic mass is 10.0. The zero-order valence-electron chi connectivity index (χ0n) is 7.27. The highest BCUT2D eigenvalue weighted by Gasteiger charge is 2.20. The van der Waals surface area contributed by atoms with E-state index in [0.717, 1.165) is 5.70 Å². The standard InChI is InChI=1S/C8H15NO2/c1-6(2)9-8(3,4)5-7(10)11/h9H,1,5H2,2-4H3,(H,10,11). The molecule has 0 aliphatic carbocycles. The van der Waals surface area contributed by atoms with Crippen LogP contribution in [-0.4, -0.2) is 16.6 Å². The van der Waals surface area contributed by atoms with Crippen LogP contribution >= 0.6 is 0 Å². The first kappa shape index (κ1) is 10.0. The number of aliphatic carboxylic acids is 1. The molecule has 0 saturated heterocycles. The number of carboxylic acids is 1. The third-order valence-corrected chi connectivity index (χ3v) is 1.14. The molecule has 0 aliphatic rings. The Bertz CT molecular complexity index is 155. The Morgan fingerprint density at radius 1 is 1.64 bits per heavy atom. The molecule has 0 aliphatic heterocycles. The first-order valence-corrected chi connectivity index (χ1v) is 3.49. The number of allylic oxidation sites excluding steroid dienone is 1. The van der Waals surface area contributed by atoms with Crippen LogP contribution in [0.1, 0.15) is 27.2 Å². The van der Waals surface area contributed by atoms with Crippen molar-refractivity contribution in [3.63, 3.8) is 0 Å². The van der Waals surface area contributed by atoms with Gasteiger partial charge in [-0.25, -0.2) is 0 Å². The fourth-order valence-corrected chi connectivity index (χ4v) is 1.000. The van der Waals surface area contributed by atoms with E-state index >= 15 is 0 Å². The Morgan fingerprint density at radius 2 is 2.09 bits per heavy atom. The van der Waals surface area contributed by atoms with Crippen LogP contribution in [0.3, 0.4) is 0 Å². The van der Waals surface area contributed by atoms with E-state index in [2.05, 4.69) is 11.9 Å². The Hall–Kier alpha value is -0.990. The van der Waals surface area contributed by atoms with Crippen molar-refractivity contribution in [1.29, 1.82) is 0 Å². The Morgan fingerprint density at radius 3 is 2.36 bits per heavy atom. The summed E-state index contributed by atoms with van der Waals surface area (Å²) in [7, 11) is 0. The molecule has 0 unspecified atom stereocenters. The molecule has 0 bridgehead atoms. The van der Waals surface area contributed by atoms with Crippen molar-refractivity contribution in [2.75, 3.05) is 0 Å². The van der Waals surface area contributed by atoms with Crippen LogP contribution in [0.5, 0.6) is 0 Å². The van der Waals surface area contributed by atoms with Gasteiger partial charge in [-0.1, -0.05) is 6.58 Å². The summed E-state index contributed by atoms with van der Waals surface area (Å²) in [5, 5.41) is 11.5. The largest absolute Gasteiger partial charge is 0.481 e. The average molecular weight is 157 g/mol. The Kier molecular flexibility index (Phi) is 3.11. The van der Waals surface area contributed by atoms with Crippen molar-refractivity contribution in [3.8, 4) is 0 Å². The lowest BCUT2D eigenvalue weighted by Crippen LogP contribution is -2.39. The number of carbonyl (C=O) groups is 1. The first-order chi connectivity index (χ1) is 4.83. The van der Waals surface area contributed by atoms with Gasteiger partial charge in [0.05, 0.1) is 6.42 Å². The molecule has 0 atom stereocenters. The topological polar surface area (TPSA) is 49.3 Å². The molecule has 64 valence electrons. The van der Waals surface area contributed by atoms with Gasteiger partial charge in [0, 0.05) is 11.2 Å². The molecule has 2 N–H and O–H groups in total. The van der Waals surface area contributed by atoms with Crippen LogP contribution in [0, 0.1) is 0 Å². The van der Waals surface area contributed by atoms with Crippen molar-refractivity contribution >= 4 is 5.97 Å². The third-order valence-electron chi connectivity index (χ3n) is 1.14. The lowest BCUT2D eigenvalue weighted by Gasteiger charge is -2.25. The minimum atomic E-state index is -0.802. The van der Waals surface area contributed by atoms with Crippen LogP contribution in [-0.2, 0) is 4.79 Å². The molecule has 0 fully saturated rings. The van der Waals surface area contributed by atoms with Gasteiger partial charge < -0.3 is 10.4 Å². The SMILES string of the molecule is C=C(C)NC(C)(C)CC(=O)O. The number of hydrogen-bond donors (Lipinski definition) is 2. The van der Waals surface area contributed by atoms with Gasteiger partial charge in [-0.15, -0.1) is 0 Å². The van der Waals surface area contributed by atoms with Gasteiger partial charge in [0.2, 0.25) is 0 Å². The molecule has 0 amide bonds. The molecule has 0 aromatic carbocycles. The van der Waals surface area contributed by atoms with E-state index in [-0.39, 0.29) is 6.42 Å². The van der Waals surface area contributed by atoms with Gasteiger partial charge in [0.15, 0.2) is 0 Å². The van der Waals surface area contributed by atoms with E-state index in [1.165, 1.54) is 0 Å². The highest BCUT2D eigenvalue weighted by molar-refractivity contribution is 5.68. The summed E-state index contributed by atoms with van der Waals surface area (Å²) in [6.45, 7) is 9.11. The van der Waals surface area contributed by atoms with Gasteiger partial charge in [-0.3, -0.25) is 4.79 Å². The molecule has 3 heteroatoms. The number of hydrogen-bond acceptors (Lipinski definition) is 2. The average Bonchev–Trinajstić information content (AvgIpc) is 1.53. The molecule has 0 saturated carbocycles. The number of rotatable bonds is 4. The predicted molar refractivity (Wildman–Crippen MR) is 44.3 cm³/mol. The zero-order chi connectivity index (χ0) is 9.07. The molecule has 0 radical (unpaired) electrons. The molecule has 3 nitrogen and oxygen atoms in total. The van der Waals surface area contributed by atoms with Gasteiger partial charge in [-0.05, 0) is 20.8 Å². The quantitative estimate of drug-likeness (QED) is 0.647. The monoisotopic (exact) mass is 157 g/mol. The summed E-state index contributed by atoms with van der Waals surface area (Å²) in [6, 6.07) is 0. The van der Waals surface area contributed by atoms with E-state index in [1.54, 1.807) is 0 Å². The molecular formula is C8H15NO2. The fraction of sp³-hybridized carbons (Fsp3) is 0.625. The van der Waals surface area contributed by atoms with E-state index in [1.807, 2.05) is 20.8 Å². The smallest absolute Gasteiger partial charge is 0.305 e. The van der Waals surface area contributed by atoms with Crippen molar-refractivity contribution in [2.24, 2.45) is 0 Å². The van der Waals surface area contributed by atoms with Crippen molar-refractivity contribution in [3.05, 3.63) is 12.3 Å². The van der Waals surface area contributed by atoms with Gasteiger partial charge in [0.25, 0.3) is 0 Å². The summed E-state index contributed by atoms with van der Waals surface area (Å²) in [5.41, 5.74) is 0.383. The Balaban J connectivity index is 3.99. The summed E-state index contributed by atoms with van der Waals surface area (Å²) in [4.78, 5) is 10.3. The second-order valence-corrected chi connectivity index (χ2v) is 3.36. The first-order valence-electron chi connectivity index (χ1n) is 3.49. The van der Waals surface area contributed by atoms with Crippen LogP contribution in [0.15, 0.2) is 12.3 Å². The lowest BCUT2D eigenvalue weighted by molar-refractivity contribution is -0.138. The normalized spacial score (nSPS) is 10.8. The molecule has 0 aromatic heterocycles. The van der Waals surface area contributed by atoms with Gasteiger partial charge in [-0.2, -0.15) is 0 Å². The second-order valence-electron chi connectivity index (χ2n) is 3.36. The second kappa shape index (κ2) is 3.42. The van der Waals surface area contributed by atoms with Gasteiger partial charge >= 0.3 is 5.97 Å². The van der Waals surface area contributed by atoms with Crippen LogP contribution < -0.4 is 5.32 Å². The van der Waals surface area contributed by atoms with E-state index < -0.39 is 11.5 Å². The maximum absolute atomic E-state index is 10.3. The van der Waals surface area contributed by atoms with E-state index in [4.69, 9.17) is 5.11 Å². The maximum Gasteiger partial charge on any atom is 0.305 e. The van der Waals surface area contributed by atoms with E-state index in [9.17, 15) is 4.79 Å². The van der Waals surface area contributed by atoms with Crippen molar-refractivity contribution < 1.29 is 9.90 Å². The highest BCUT2D eigenvalue weighted by Crippen LogP contribution is 2.09. The summed E-state index contributed by atoms with van der Waals surface area (Å²) >= 11 is 0. The molecule has 11 heavy (non-hydrogen) atoms. The highest BCUT2D eigenvalue weighted by atomic mass is 16.4.